The van der Waals surface area contributed by atoms with Gasteiger partial charge in [0.15, 0.2) is 0 Å². The summed E-state index contributed by atoms with van der Waals surface area (Å²) in [6, 6.07) is 6.36. The molecule has 1 aliphatic heterocycles. The highest BCUT2D eigenvalue weighted by Gasteiger charge is 2.42. The summed E-state index contributed by atoms with van der Waals surface area (Å²) in [4.78, 5) is 12.5. The molecule has 21 heavy (non-hydrogen) atoms. The molecule has 2 bridgehead atoms. The molecule has 0 saturated heterocycles. The maximum absolute atomic E-state index is 12.5. The van der Waals surface area contributed by atoms with E-state index in [1.54, 1.807) is 0 Å². The van der Waals surface area contributed by atoms with Gasteiger partial charge in [0.05, 0.1) is 0 Å². The van der Waals surface area contributed by atoms with Crippen molar-refractivity contribution in [3.05, 3.63) is 29.3 Å². The molecule has 3 heteroatoms. The van der Waals surface area contributed by atoms with Crippen molar-refractivity contribution >= 4 is 11.6 Å². The van der Waals surface area contributed by atoms with Crippen LogP contribution in [0.15, 0.2) is 18.2 Å². The molecule has 3 aliphatic rings. The number of nitrogens with one attached hydrogen (secondary N) is 2. The van der Waals surface area contributed by atoms with E-state index in [1.165, 1.54) is 31.2 Å². The van der Waals surface area contributed by atoms with Crippen molar-refractivity contribution in [2.75, 3.05) is 11.9 Å². The van der Waals surface area contributed by atoms with Gasteiger partial charge in [0, 0.05) is 23.8 Å². The third kappa shape index (κ3) is 2.33. The van der Waals surface area contributed by atoms with Crippen LogP contribution in [0.1, 0.15) is 48.5 Å². The van der Waals surface area contributed by atoms with Crippen molar-refractivity contribution in [3.63, 3.8) is 0 Å². The molecule has 0 aromatic heterocycles. The van der Waals surface area contributed by atoms with Crippen molar-refractivity contribution in [2.45, 2.75) is 45.1 Å². The van der Waals surface area contributed by atoms with E-state index in [9.17, 15) is 4.79 Å². The first-order valence-corrected chi connectivity index (χ1v) is 8.38. The molecule has 112 valence electrons. The van der Waals surface area contributed by atoms with Crippen molar-refractivity contribution in [1.29, 1.82) is 0 Å². The molecule has 0 spiro atoms. The standard InChI is InChI=1S/C18H24N2O/c1-11(16-9-12-2-3-14(16)8-12)20-18(21)15-5-4-13-6-7-19-17(13)10-15/h4-5,10-12,14,16,19H,2-3,6-9H2,1H3,(H,20,21). The predicted octanol–water partition coefficient (Wildman–Crippen LogP) is 3.21. The Balaban J connectivity index is 1.43. The highest BCUT2D eigenvalue weighted by molar-refractivity contribution is 5.95. The Morgan fingerprint density at radius 2 is 2.24 bits per heavy atom. The van der Waals surface area contributed by atoms with Gasteiger partial charge >= 0.3 is 0 Å². The average Bonchev–Trinajstić information content (AvgIpc) is 3.21. The zero-order valence-corrected chi connectivity index (χ0v) is 12.7. The van der Waals surface area contributed by atoms with Gasteiger partial charge in [-0.25, -0.2) is 0 Å². The molecule has 4 atom stereocenters. The lowest BCUT2D eigenvalue weighted by Gasteiger charge is -2.28. The molecular weight excluding hydrogens is 260 g/mol. The van der Waals surface area contributed by atoms with Crippen molar-refractivity contribution in [1.82, 2.24) is 5.32 Å². The highest BCUT2D eigenvalue weighted by atomic mass is 16.1. The van der Waals surface area contributed by atoms with Gasteiger partial charge in [0.25, 0.3) is 5.91 Å². The smallest absolute Gasteiger partial charge is 0.251 e. The van der Waals surface area contributed by atoms with Crippen LogP contribution in [-0.2, 0) is 6.42 Å². The zero-order valence-electron chi connectivity index (χ0n) is 12.7. The number of carbonyl (C=O) groups is 1. The maximum Gasteiger partial charge on any atom is 0.251 e. The molecule has 1 heterocycles. The fourth-order valence-corrected chi connectivity index (χ4v) is 4.74. The Morgan fingerprint density at radius 1 is 1.33 bits per heavy atom. The third-order valence-electron chi connectivity index (χ3n) is 5.88. The largest absolute Gasteiger partial charge is 0.384 e. The third-order valence-corrected chi connectivity index (χ3v) is 5.88. The predicted molar refractivity (Wildman–Crippen MR) is 84.5 cm³/mol. The monoisotopic (exact) mass is 284 g/mol. The van der Waals surface area contributed by atoms with E-state index < -0.39 is 0 Å². The van der Waals surface area contributed by atoms with E-state index in [1.807, 2.05) is 12.1 Å². The van der Waals surface area contributed by atoms with Crippen LogP contribution in [-0.4, -0.2) is 18.5 Å². The van der Waals surface area contributed by atoms with Gasteiger partial charge in [0.1, 0.15) is 0 Å². The summed E-state index contributed by atoms with van der Waals surface area (Å²) in [5.41, 5.74) is 3.25. The summed E-state index contributed by atoms with van der Waals surface area (Å²) in [6.45, 7) is 3.18. The summed E-state index contributed by atoms with van der Waals surface area (Å²) < 4.78 is 0. The van der Waals surface area contributed by atoms with Crippen LogP contribution in [0, 0.1) is 17.8 Å². The number of amides is 1. The number of hydrogen-bond acceptors (Lipinski definition) is 2. The molecule has 4 unspecified atom stereocenters. The molecule has 2 aliphatic carbocycles. The molecule has 3 nitrogen and oxygen atoms in total. The molecule has 0 radical (unpaired) electrons. The molecule has 2 N–H and O–H groups in total. The Hall–Kier alpha value is -1.51. The van der Waals surface area contributed by atoms with Crippen molar-refractivity contribution < 1.29 is 4.79 Å². The van der Waals surface area contributed by atoms with Gasteiger partial charge in [-0.3, -0.25) is 4.79 Å². The van der Waals surface area contributed by atoms with Gasteiger partial charge in [-0.1, -0.05) is 12.5 Å². The van der Waals surface area contributed by atoms with E-state index in [0.29, 0.717) is 12.0 Å². The molecule has 2 saturated carbocycles. The van der Waals surface area contributed by atoms with E-state index >= 15 is 0 Å². The van der Waals surface area contributed by atoms with Crippen LogP contribution < -0.4 is 10.6 Å². The van der Waals surface area contributed by atoms with Crippen LogP contribution >= 0.6 is 0 Å². The maximum atomic E-state index is 12.5. The number of fused-ring (bicyclic) bond motifs is 3. The van der Waals surface area contributed by atoms with Crippen LogP contribution in [0.3, 0.4) is 0 Å². The van der Waals surface area contributed by atoms with Crippen molar-refractivity contribution in [2.24, 2.45) is 17.8 Å². The normalized spacial score (nSPS) is 30.8. The van der Waals surface area contributed by atoms with Crippen LogP contribution in [0.4, 0.5) is 5.69 Å². The summed E-state index contributed by atoms with van der Waals surface area (Å²) in [5, 5.41) is 6.59. The average molecular weight is 284 g/mol. The first-order chi connectivity index (χ1) is 10.2. The van der Waals surface area contributed by atoms with Gasteiger partial charge in [-0.2, -0.15) is 0 Å². The number of benzene rings is 1. The Kier molecular flexibility index (Phi) is 3.16. The minimum absolute atomic E-state index is 0.0850. The number of anilines is 1. The number of carbonyl (C=O) groups excluding carboxylic acids is 1. The summed E-state index contributed by atoms with van der Waals surface area (Å²) in [5.74, 6) is 2.57. The van der Waals surface area contributed by atoms with E-state index in [-0.39, 0.29) is 5.91 Å². The summed E-state index contributed by atoms with van der Waals surface area (Å²) >= 11 is 0. The summed E-state index contributed by atoms with van der Waals surface area (Å²) in [7, 11) is 0. The van der Waals surface area contributed by atoms with Crippen LogP contribution in [0.25, 0.3) is 0 Å². The van der Waals surface area contributed by atoms with Gasteiger partial charge in [-0.15, -0.1) is 0 Å². The van der Waals surface area contributed by atoms with Crippen molar-refractivity contribution in [3.8, 4) is 0 Å². The lowest BCUT2D eigenvalue weighted by atomic mass is 9.84. The van der Waals surface area contributed by atoms with Crippen LogP contribution in [0.5, 0.6) is 0 Å². The lowest BCUT2D eigenvalue weighted by Crippen LogP contribution is -2.40. The van der Waals surface area contributed by atoms with Gasteiger partial charge in [-0.05, 0) is 68.1 Å². The fraction of sp³-hybridized carbons (Fsp3) is 0.611. The van der Waals surface area contributed by atoms with E-state index in [2.05, 4.69) is 23.6 Å². The Morgan fingerprint density at radius 3 is 3.00 bits per heavy atom. The number of rotatable bonds is 3. The molecule has 2 fully saturated rings. The second kappa shape index (κ2) is 5.04. The zero-order chi connectivity index (χ0) is 14.4. The number of hydrogen-bond donors (Lipinski definition) is 2. The first kappa shape index (κ1) is 13.2. The second-order valence-corrected chi connectivity index (χ2v) is 7.15. The van der Waals surface area contributed by atoms with E-state index in [0.717, 1.165) is 36.1 Å². The molecule has 1 aromatic rings. The van der Waals surface area contributed by atoms with Gasteiger partial charge in [0.2, 0.25) is 0 Å². The minimum atomic E-state index is 0.0850. The highest BCUT2D eigenvalue weighted by Crippen LogP contribution is 2.49. The fourth-order valence-electron chi connectivity index (χ4n) is 4.74. The molecule has 1 amide bonds. The van der Waals surface area contributed by atoms with E-state index in [4.69, 9.17) is 0 Å². The quantitative estimate of drug-likeness (QED) is 0.895. The lowest BCUT2D eigenvalue weighted by molar-refractivity contribution is 0.0915. The molecular formula is C18H24N2O. The molecule has 1 aromatic carbocycles. The minimum Gasteiger partial charge on any atom is -0.384 e. The first-order valence-electron chi connectivity index (χ1n) is 8.38. The second-order valence-electron chi connectivity index (χ2n) is 7.15. The van der Waals surface area contributed by atoms with Crippen LogP contribution in [0.2, 0.25) is 0 Å². The van der Waals surface area contributed by atoms with Gasteiger partial charge < -0.3 is 10.6 Å². The molecule has 4 rings (SSSR count). The Bertz CT molecular complexity index is 568. The SMILES string of the molecule is CC(NC(=O)c1ccc2c(c1)NCC2)C1CC2CCC1C2. The topological polar surface area (TPSA) is 41.1 Å². The Labute approximate surface area is 126 Å². The summed E-state index contributed by atoms with van der Waals surface area (Å²) in [6.07, 6.45) is 6.57.